The van der Waals surface area contributed by atoms with Crippen molar-refractivity contribution < 1.29 is 13.5 Å². The molecule has 1 rings (SSSR count). The number of halogens is 2. The second-order valence-electron chi connectivity index (χ2n) is 3.16. The van der Waals surface area contributed by atoms with Gasteiger partial charge < -0.3 is 4.74 Å². The molecule has 0 amide bonds. The van der Waals surface area contributed by atoms with Gasteiger partial charge in [-0.15, -0.1) is 0 Å². The number of ether oxygens (including phenoxy) is 1. The lowest BCUT2D eigenvalue weighted by Crippen LogP contribution is -1.97. The van der Waals surface area contributed by atoms with Gasteiger partial charge in [0.25, 0.3) is 0 Å². The van der Waals surface area contributed by atoms with Crippen molar-refractivity contribution >= 4 is 0 Å². The van der Waals surface area contributed by atoms with Crippen molar-refractivity contribution in [2.45, 2.75) is 26.2 Å². The Morgan fingerprint density at radius 3 is 2.29 bits per heavy atom. The summed E-state index contributed by atoms with van der Waals surface area (Å²) in [6.07, 6.45) is 3.08. The Morgan fingerprint density at radius 1 is 1.07 bits per heavy atom. The van der Waals surface area contributed by atoms with Crippen LogP contribution in [0.4, 0.5) is 8.78 Å². The molecule has 1 nitrogen and oxygen atoms in total. The van der Waals surface area contributed by atoms with Crippen LogP contribution in [0.15, 0.2) is 18.2 Å². The summed E-state index contributed by atoms with van der Waals surface area (Å²) in [6.45, 7) is 2.60. The maximum atomic E-state index is 12.7. The third-order valence-corrected chi connectivity index (χ3v) is 1.85. The van der Waals surface area contributed by atoms with Crippen LogP contribution in [-0.4, -0.2) is 6.61 Å². The molecule has 0 atom stereocenters. The summed E-state index contributed by atoms with van der Waals surface area (Å²) in [5.41, 5.74) is 0. The van der Waals surface area contributed by atoms with Gasteiger partial charge in [-0.1, -0.05) is 19.8 Å². The van der Waals surface area contributed by atoms with Crippen LogP contribution in [0.25, 0.3) is 0 Å². The molecule has 3 heteroatoms. The summed E-state index contributed by atoms with van der Waals surface area (Å²) in [5.74, 6) is -0.940. The third-order valence-electron chi connectivity index (χ3n) is 1.85. The zero-order valence-corrected chi connectivity index (χ0v) is 8.22. The average molecular weight is 200 g/mol. The van der Waals surface area contributed by atoms with Crippen molar-refractivity contribution in [1.82, 2.24) is 0 Å². The van der Waals surface area contributed by atoms with Gasteiger partial charge in [0.15, 0.2) is 0 Å². The zero-order valence-electron chi connectivity index (χ0n) is 8.22. The van der Waals surface area contributed by atoms with E-state index in [1.807, 2.05) is 0 Å². The lowest BCUT2D eigenvalue weighted by Gasteiger charge is -2.05. The molecule has 0 aliphatic heterocycles. The van der Waals surface area contributed by atoms with Gasteiger partial charge in [0.1, 0.15) is 17.4 Å². The van der Waals surface area contributed by atoms with Crippen LogP contribution in [0.5, 0.6) is 5.75 Å². The van der Waals surface area contributed by atoms with Crippen LogP contribution in [0.1, 0.15) is 26.2 Å². The lowest BCUT2D eigenvalue weighted by molar-refractivity contribution is 0.303. The summed E-state index contributed by atoms with van der Waals surface area (Å²) in [4.78, 5) is 0. The zero-order chi connectivity index (χ0) is 10.4. The molecular weight excluding hydrogens is 186 g/mol. The SMILES string of the molecule is CCCCCOc1cc(F)cc(F)c1. The second kappa shape index (κ2) is 5.58. The first-order valence-electron chi connectivity index (χ1n) is 4.81. The van der Waals surface area contributed by atoms with Crippen LogP contribution < -0.4 is 4.74 Å². The van der Waals surface area contributed by atoms with Gasteiger partial charge in [0.2, 0.25) is 0 Å². The molecule has 0 fully saturated rings. The highest BCUT2D eigenvalue weighted by Crippen LogP contribution is 2.15. The molecule has 0 heterocycles. The Kier molecular flexibility index (Phi) is 4.36. The Balaban J connectivity index is 2.42. The van der Waals surface area contributed by atoms with Gasteiger partial charge in [-0.25, -0.2) is 8.78 Å². The van der Waals surface area contributed by atoms with Crippen LogP contribution in [-0.2, 0) is 0 Å². The first-order valence-corrected chi connectivity index (χ1v) is 4.81. The first kappa shape index (κ1) is 11.0. The van der Waals surface area contributed by atoms with Gasteiger partial charge in [0.05, 0.1) is 6.61 Å². The largest absolute Gasteiger partial charge is 0.493 e. The molecule has 0 radical (unpaired) electrons. The number of hydrogen-bond acceptors (Lipinski definition) is 1. The lowest BCUT2D eigenvalue weighted by atomic mass is 10.3. The van der Waals surface area contributed by atoms with Gasteiger partial charge >= 0.3 is 0 Å². The summed E-state index contributed by atoms with van der Waals surface area (Å²) >= 11 is 0. The summed E-state index contributed by atoms with van der Waals surface area (Å²) < 4.78 is 30.6. The van der Waals surface area contributed by atoms with Gasteiger partial charge in [-0.05, 0) is 6.42 Å². The van der Waals surface area contributed by atoms with Crippen molar-refractivity contribution in [3.63, 3.8) is 0 Å². The van der Waals surface area contributed by atoms with Crippen LogP contribution in [0.2, 0.25) is 0 Å². The maximum absolute atomic E-state index is 12.7. The highest BCUT2D eigenvalue weighted by atomic mass is 19.1. The topological polar surface area (TPSA) is 9.23 Å². The molecule has 0 spiro atoms. The summed E-state index contributed by atoms with van der Waals surface area (Å²) in [7, 11) is 0. The standard InChI is InChI=1S/C11H14F2O/c1-2-3-4-5-14-11-7-9(12)6-10(13)8-11/h6-8H,2-5H2,1H3. The molecule has 0 saturated heterocycles. The minimum absolute atomic E-state index is 0.263. The van der Waals surface area contributed by atoms with Crippen molar-refractivity contribution in [3.8, 4) is 5.75 Å². The Bertz CT molecular complexity index is 266. The summed E-state index contributed by atoms with van der Waals surface area (Å²) in [6, 6.07) is 3.21. The van der Waals surface area contributed by atoms with E-state index in [9.17, 15) is 8.78 Å². The molecule has 0 bridgehead atoms. The molecule has 0 aliphatic rings. The molecular formula is C11H14F2O. The summed E-state index contributed by atoms with van der Waals surface area (Å²) in [5, 5.41) is 0. The number of hydrogen-bond donors (Lipinski definition) is 0. The van der Waals surface area contributed by atoms with E-state index >= 15 is 0 Å². The molecule has 0 aromatic heterocycles. The van der Waals surface area contributed by atoms with Gasteiger partial charge in [-0.2, -0.15) is 0 Å². The molecule has 78 valence electrons. The van der Waals surface area contributed by atoms with Crippen molar-refractivity contribution in [2.75, 3.05) is 6.61 Å². The Hall–Kier alpha value is -1.12. The Labute approximate surface area is 82.7 Å². The average Bonchev–Trinajstić information content (AvgIpc) is 2.11. The molecule has 1 aromatic carbocycles. The fourth-order valence-corrected chi connectivity index (χ4v) is 1.15. The van der Waals surface area contributed by atoms with E-state index in [4.69, 9.17) is 4.74 Å². The van der Waals surface area contributed by atoms with Crippen molar-refractivity contribution in [3.05, 3.63) is 29.8 Å². The predicted octanol–water partition coefficient (Wildman–Crippen LogP) is 3.53. The van der Waals surface area contributed by atoms with Crippen molar-refractivity contribution in [1.29, 1.82) is 0 Å². The fraction of sp³-hybridized carbons (Fsp3) is 0.455. The number of unbranched alkanes of at least 4 members (excludes halogenated alkanes) is 2. The van der Waals surface area contributed by atoms with Crippen molar-refractivity contribution in [2.24, 2.45) is 0 Å². The van der Waals surface area contributed by atoms with E-state index in [1.165, 1.54) is 12.1 Å². The third kappa shape index (κ3) is 3.73. The van der Waals surface area contributed by atoms with E-state index in [1.54, 1.807) is 0 Å². The predicted molar refractivity (Wildman–Crippen MR) is 51.4 cm³/mol. The van der Waals surface area contributed by atoms with E-state index in [2.05, 4.69) is 6.92 Å². The molecule has 0 aliphatic carbocycles. The minimum Gasteiger partial charge on any atom is -0.493 e. The highest BCUT2D eigenvalue weighted by Gasteiger charge is 2.00. The van der Waals surface area contributed by atoms with E-state index < -0.39 is 11.6 Å². The smallest absolute Gasteiger partial charge is 0.129 e. The number of benzene rings is 1. The van der Waals surface area contributed by atoms with E-state index in [-0.39, 0.29) is 5.75 Å². The van der Waals surface area contributed by atoms with Crippen LogP contribution in [0, 0.1) is 11.6 Å². The van der Waals surface area contributed by atoms with Crippen LogP contribution >= 0.6 is 0 Å². The van der Waals surface area contributed by atoms with Crippen LogP contribution in [0.3, 0.4) is 0 Å². The van der Waals surface area contributed by atoms with Gasteiger partial charge in [0, 0.05) is 18.2 Å². The number of rotatable bonds is 5. The highest BCUT2D eigenvalue weighted by molar-refractivity contribution is 5.23. The molecule has 1 aromatic rings. The van der Waals surface area contributed by atoms with E-state index in [0.717, 1.165) is 25.3 Å². The molecule has 0 N–H and O–H groups in total. The molecule has 0 unspecified atom stereocenters. The minimum atomic E-state index is -0.601. The fourth-order valence-electron chi connectivity index (χ4n) is 1.15. The first-order chi connectivity index (χ1) is 6.72. The quantitative estimate of drug-likeness (QED) is 0.660. The molecule has 0 saturated carbocycles. The second-order valence-corrected chi connectivity index (χ2v) is 3.16. The van der Waals surface area contributed by atoms with E-state index in [0.29, 0.717) is 6.61 Å². The normalized spacial score (nSPS) is 10.2. The maximum Gasteiger partial charge on any atom is 0.129 e. The molecule has 14 heavy (non-hydrogen) atoms. The van der Waals surface area contributed by atoms with Gasteiger partial charge in [-0.3, -0.25) is 0 Å². The monoisotopic (exact) mass is 200 g/mol. The Morgan fingerprint density at radius 2 is 1.71 bits per heavy atom.